The van der Waals surface area contributed by atoms with E-state index in [0.29, 0.717) is 0 Å². The smallest absolute Gasteiger partial charge is 0.237 e. The van der Waals surface area contributed by atoms with Crippen LogP contribution in [-0.2, 0) is 9.53 Å². The van der Waals surface area contributed by atoms with Crippen molar-refractivity contribution in [2.75, 3.05) is 20.3 Å². The SMILES string of the molecule is CCCOCCCCC(C)(NC)C(N)=O. The second-order valence-electron chi connectivity index (χ2n) is 4.02. The summed E-state index contributed by atoms with van der Waals surface area (Å²) in [7, 11) is 1.76. The van der Waals surface area contributed by atoms with Gasteiger partial charge in [-0.3, -0.25) is 4.79 Å². The predicted octanol–water partition coefficient (Wildman–Crippen LogP) is 1.05. The van der Waals surface area contributed by atoms with E-state index < -0.39 is 5.54 Å². The fourth-order valence-corrected chi connectivity index (χ4v) is 1.30. The number of nitrogens with two attached hydrogens (primary N) is 1. The predicted molar refractivity (Wildman–Crippen MR) is 61.6 cm³/mol. The van der Waals surface area contributed by atoms with Crippen molar-refractivity contribution in [2.24, 2.45) is 5.73 Å². The van der Waals surface area contributed by atoms with E-state index in [0.717, 1.165) is 38.9 Å². The Hall–Kier alpha value is -0.610. The number of primary amides is 1. The highest BCUT2D eigenvalue weighted by molar-refractivity contribution is 5.84. The number of amides is 1. The van der Waals surface area contributed by atoms with Gasteiger partial charge in [-0.05, 0) is 39.7 Å². The van der Waals surface area contributed by atoms with Crippen molar-refractivity contribution >= 4 is 5.91 Å². The summed E-state index contributed by atoms with van der Waals surface area (Å²) in [5.74, 6) is -0.292. The molecule has 0 rings (SSSR count). The molecule has 1 atom stereocenters. The third-order valence-corrected chi connectivity index (χ3v) is 2.66. The molecule has 0 aliphatic rings. The number of hydrogen-bond acceptors (Lipinski definition) is 3. The zero-order valence-electron chi connectivity index (χ0n) is 10.1. The van der Waals surface area contributed by atoms with E-state index in [-0.39, 0.29) is 5.91 Å². The summed E-state index contributed by atoms with van der Waals surface area (Å²) < 4.78 is 5.36. The van der Waals surface area contributed by atoms with Crippen molar-refractivity contribution < 1.29 is 9.53 Å². The van der Waals surface area contributed by atoms with Gasteiger partial charge in [0.2, 0.25) is 5.91 Å². The number of unbranched alkanes of at least 4 members (excludes halogenated alkanes) is 1. The van der Waals surface area contributed by atoms with Crippen LogP contribution in [-0.4, -0.2) is 31.7 Å². The van der Waals surface area contributed by atoms with Crippen LogP contribution >= 0.6 is 0 Å². The number of nitrogens with one attached hydrogen (secondary N) is 1. The molecule has 0 aromatic rings. The van der Waals surface area contributed by atoms with Crippen LogP contribution in [0.3, 0.4) is 0 Å². The molecule has 15 heavy (non-hydrogen) atoms. The molecule has 4 heteroatoms. The molecule has 0 aromatic heterocycles. The van der Waals surface area contributed by atoms with Gasteiger partial charge < -0.3 is 15.8 Å². The minimum atomic E-state index is -0.579. The first-order valence-corrected chi connectivity index (χ1v) is 5.63. The molecule has 0 aromatic carbocycles. The van der Waals surface area contributed by atoms with Gasteiger partial charge in [0.25, 0.3) is 0 Å². The fourth-order valence-electron chi connectivity index (χ4n) is 1.30. The number of likely N-dealkylation sites (N-methyl/N-ethyl adjacent to an activating group) is 1. The van der Waals surface area contributed by atoms with Crippen LogP contribution in [0.5, 0.6) is 0 Å². The first-order chi connectivity index (χ1) is 7.06. The molecule has 0 radical (unpaired) electrons. The summed E-state index contributed by atoms with van der Waals surface area (Å²) in [6, 6.07) is 0. The van der Waals surface area contributed by atoms with Crippen LogP contribution < -0.4 is 11.1 Å². The molecule has 1 amide bonds. The second kappa shape index (κ2) is 7.65. The zero-order valence-corrected chi connectivity index (χ0v) is 10.1. The first-order valence-electron chi connectivity index (χ1n) is 5.63. The summed E-state index contributed by atoms with van der Waals surface area (Å²) in [6.07, 6.45) is 3.73. The average Bonchev–Trinajstić information content (AvgIpc) is 2.22. The summed E-state index contributed by atoms with van der Waals surface area (Å²) >= 11 is 0. The second-order valence-corrected chi connectivity index (χ2v) is 4.02. The molecule has 0 fully saturated rings. The third-order valence-electron chi connectivity index (χ3n) is 2.66. The van der Waals surface area contributed by atoms with Crippen LogP contribution in [0.1, 0.15) is 39.5 Å². The van der Waals surface area contributed by atoms with E-state index >= 15 is 0 Å². The van der Waals surface area contributed by atoms with Gasteiger partial charge >= 0.3 is 0 Å². The Balaban J connectivity index is 3.60. The van der Waals surface area contributed by atoms with Gasteiger partial charge in [0, 0.05) is 13.2 Å². The highest BCUT2D eigenvalue weighted by Crippen LogP contribution is 2.12. The Morgan fingerprint density at radius 1 is 1.40 bits per heavy atom. The molecule has 3 N–H and O–H groups in total. The Bertz CT molecular complexity index is 185. The van der Waals surface area contributed by atoms with Crippen LogP contribution in [0, 0.1) is 0 Å². The van der Waals surface area contributed by atoms with Gasteiger partial charge in [0.05, 0.1) is 5.54 Å². The van der Waals surface area contributed by atoms with Crippen LogP contribution in [0.15, 0.2) is 0 Å². The summed E-state index contributed by atoms with van der Waals surface area (Å²) in [6.45, 7) is 5.51. The summed E-state index contributed by atoms with van der Waals surface area (Å²) in [5.41, 5.74) is 4.73. The van der Waals surface area contributed by atoms with Gasteiger partial charge in [-0.25, -0.2) is 0 Å². The lowest BCUT2D eigenvalue weighted by Crippen LogP contribution is -2.51. The maximum absolute atomic E-state index is 11.1. The molecule has 0 aliphatic heterocycles. The summed E-state index contributed by atoms with van der Waals surface area (Å²) in [5, 5.41) is 2.96. The van der Waals surface area contributed by atoms with Crippen molar-refractivity contribution in [3.8, 4) is 0 Å². The largest absolute Gasteiger partial charge is 0.381 e. The third kappa shape index (κ3) is 5.74. The Labute approximate surface area is 92.6 Å². The molecule has 0 aliphatic carbocycles. The van der Waals surface area contributed by atoms with Gasteiger partial charge in [0.1, 0.15) is 0 Å². The van der Waals surface area contributed by atoms with E-state index in [9.17, 15) is 4.79 Å². The topological polar surface area (TPSA) is 64.3 Å². The Morgan fingerprint density at radius 3 is 2.53 bits per heavy atom. The van der Waals surface area contributed by atoms with Crippen molar-refractivity contribution in [3.63, 3.8) is 0 Å². The van der Waals surface area contributed by atoms with E-state index in [2.05, 4.69) is 12.2 Å². The summed E-state index contributed by atoms with van der Waals surface area (Å²) in [4.78, 5) is 11.1. The monoisotopic (exact) mass is 216 g/mol. The number of carbonyl (C=O) groups excluding carboxylic acids is 1. The Morgan fingerprint density at radius 2 is 2.07 bits per heavy atom. The average molecular weight is 216 g/mol. The lowest BCUT2D eigenvalue weighted by Gasteiger charge is -2.25. The standard InChI is InChI=1S/C11H24N2O2/c1-4-8-15-9-6-5-7-11(2,13-3)10(12)14/h13H,4-9H2,1-3H3,(H2,12,14). The molecule has 0 saturated heterocycles. The minimum absolute atomic E-state index is 0.292. The van der Waals surface area contributed by atoms with Crippen LogP contribution in [0.2, 0.25) is 0 Å². The molecular formula is C11H24N2O2. The quantitative estimate of drug-likeness (QED) is 0.566. The number of rotatable bonds is 9. The van der Waals surface area contributed by atoms with Crippen molar-refractivity contribution in [3.05, 3.63) is 0 Å². The van der Waals surface area contributed by atoms with Gasteiger partial charge in [-0.2, -0.15) is 0 Å². The van der Waals surface area contributed by atoms with E-state index in [4.69, 9.17) is 10.5 Å². The Kier molecular flexibility index (Phi) is 7.34. The maximum atomic E-state index is 11.1. The highest BCUT2D eigenvalue weighted by Gasteiger charge is 2.27. The van der Waals surface area contributed by atoms with Crippen LogP contribution in [0.4, 0.5) is 0 Å². The number of ether oxygens (including phenoxy) is 1. The van der Waals surface area contributed by atoms with Crippen LogP contribution in [0.25, 0.3) is 0 Å². The fraction of sp³-hybridized carbons (Fsp3) is 0.909. The molecular weight excluding hydrogens is 192 g/mol. The van der Waals surface area contributed by atoms with Crippen molar-refractivity contribution in [2.45, 2.75) is 45.1 Å². The lowest BCUT2D eigenvalue weighted by molar-refractivity contribution is -0.123. The van der Waals surface area contributed by atoms with Gasteiger partial charge in [-0.15, -0.1) is 0 Å². The molecule has 0 heterocycles. The normalized spacial score (nSPS) is 14.9. The van der Waals surface area contributed by atoms with E-state index in [1.54, 1.807) is 7.05 Å². The molecule has 90 valence electrons. The minimum Gasteiger partial charge on any atom is -0.381 e. The highest BCUT2D eigenvalue weighted by atomic mass is 16.5. The molecule has 0 bridgehead atoms. The zero-order chi connectivity index (χ0) is 11.7. The molecule has 1 unspecified atom stereocenters. The van der Waals surface area contributed by atoms with Crippen molar-refractivity contribution in [1.82, 2.24) is 5.32 Å². The number of carbonyl (C=O) groups is 1. The lowest BCUT2D eigenvalue weighted by atomic mass is 9.94. The molecule has 0 spiro atoms. The molecule has 4 nitrogen and oxygen atoms in total. The maximum Gasteiger partial charge on any atom is 0.237 e. The van der Waals surface area contributed by atoms with E-state index in [1.807, 2.05) is 6.92 Å². The van der Waals surface area contributed by atoms with E-state index in [1.165, 1.54) is 0 Å². The van der Waals surface area contributed by atoms with Gasteiger partial charge in [-0.1, -0.05) is 6.92 Å². The van der Waals surface area contributed by atoms with Crippen molar-refractivity contribution in [1.29, 1.82) is 0 Å². The molecule has 0 saturated carbocycles. The number of hydrogen-bond donors (Lipinski definition) is 2. The first kappa shape index (κ1) is 14.4. The van der Waals surface area contributed by atoms with Gasteiger partial charge in [0.15, 0.2) is 0 Å².